The molecule has 36 heavy (non-hydrogen) atoms. The average Bonchev–Trinajstić information content (AvgIpc) is 3.69. The Bertz CT molecular complexity index is 954. The van der Waals surface area contributed by atoms with Gasteiger partial charge in [-0.2, -0.15) is 0 Å². The number of epoxide rings is 3. The average molecular weight is 499 g/mol. The van der Waals surface area contributed by atoms with Gasteiger partial charge in [-0.3, -0.25) is 0 Å². The summed E-state index contributed by atoms with van der Waals surface area (Å²) in [6, 6.07) is 2.31. The highest BCUT2D eigenvalue weighted by atomic mass is 16.6. The van der Waals surface area contributed by atoms with E-state index in [-0.39, 0.29) is 29.1 Å². The lowest BCUT2D eigenvalue weighted by molar-refractivity contribution is -0.00802. The quantitative estimate of drug-likeness (QED) is 0.370. The van der Waals surface area contributed by atoms with Gasteiger partial charge in [-0.05, 0) is 74.2 Å². The highest BCUT2D eigenvalue weighted by Gasteiger charge is 2.54. The predicted octanol–water partition coefficient (Wildman–Crippen LogP) is 5.17. The van der Waals surface area contributed by atoms with Crippen molar-refractivity contribution >= 4 is 0 Å². The lowest BCUT2D eigenvalue weighted by Gasteiger charge is -2.57. The Morgan fingerprint density at radius 2 is 1.25 bits per heavy atom. The van der Waals surface area contributed by atoms with Gasteiger partial charge in [0.15, 0.2) is 11.5 Å². The molecule has 1 aromatic rings. The van der Waals surface area contributed by atoms with E-state index in [1.165, 1.54) is 49.7 Å². The summed E-state index contributed by atoms with van der Waals surface area (Å²) in [7, 11) is 0. The summed E-state index contributed by atoms with van der Waals surface area (Å²) in [5.41, 5.74) is 2.49. The van der Waals surface area contributed by atoms with E-state index in [4.69, 9.17) is 28.4 Å². The van der Waals surface area contributed by atoms with Gasteiger partial charge in [0.05, 0.1) is 19.8 Å². The second-order valence-corrected chi connectivity index (χ2v) is 13.2. The van der Waals surface area contributed by atoms with E-state index in [1.54, 1.807) is 0 Å². The van der Waals surface area contributed by atoms with Crippen LogP contribution in [-0.2, 0) is 25.0 Å². The van der Waals surface area contributed by atoms with Crippen molar-refractivity contribution in [2.75, 3.05) is 39.6 Å². The molecule has 1 aromatic carbocycles. The van der Waals surface area contributed by atoms with Gasteiger partial charge in [0.2, 0.25) is 0 Å². The molecule has 4 saturated carbocycles. The SMILES string of the molecule is CCC(C)(C)c1cc(OCC2CO2)c(C23CC4CC(CC(C4)C2)C3)c(OCC2CO2)c1OCC1CO1. The Labute approximate surface area is 215 Å². The van der Waals surface area contributed by atoms with Crippen molar-refractivity contribution in [2.24, 2.45) is 17.8 Å². The molecule has 0 N–H and O–H groups in total. The predicted molar refractivity (Wildman–Crippen MR) is 135 cm³/mol. The second kappa shape index (κ2) is 8.78. The smallest absolute Gasteiger partial charge is 0.169 e. The van der Waals surface area contributed by atoms with Crippen LogP contribution in [0.15, 0.2) is 6.07 Å². The molecule has 8 rings (SSSR count). The number of benzene rings is 1. The summed E-state index contributed by atoms with van der Waals surface area (Å²) >= 11 is 0. The van der Waals surface area contributed by atoms with E-state index < -0.39 is 0 Å². The molecule has 4 bridgehead atoms. The van der Waals surface area contributed by atoms with E-state index in [2.05, 4.69) is 26.8 Å². The van der Waals surface area contributed by atoms with Crippen LogP contribution in [0.1, 0.15) is 76.8 Å². The Balaban J connectivity index is 1.38. The maximum absolute atomic E-state index is 6.78. The van der Waals surface area contributed by atoms with Crippen LogP contribution >= 0.6 is 0 Å². The minimum absolute atomic E-state index is 0.0812. The van der Waals surface area contributed by atoms with Crippen LogP contribution in [0.5, 0.6) is 17.2 Å². The first-order valence-corrected chi connectivity index (χ1v) is 14.4. The Hall–Kier alpha value is -1.50. The summed E-state index contributed by atoms with van der Waals surface area (Å²) in [6.45, 7) is 10.9. The number of hydrogen-bond donors (Lipinski definition) is 0. The molecule has 3 saturated heterocycles. The minimum Gasteiger partial charge on any atom is -0.490 e. The number of hydrogen-bond acceptors (Lipinski definition) is 6. The van der Waals surface area contributed by atoms with Crippen molar-refractivity contribution < 1.29 is 28.4 Å². The molecule has 198 valence electrons. The summed E-state index contributed by atoms with van der Waals surface area (Å²) < 4.78 is 36.7. The van der Waals surface area contributed by atoms with Gasteiger partial charge in [-0.1, -0.05) is 20.8 Å². The normalized spacial score (nSPS) is 37.6. The monoisotopic (exact) mass is 498 g/mol. The van der Waals surface area contributed by atoms with Gasteiger partial charge < -0.3 is 28.4 Å². The number of rotatable bonds is 12. The first-order chi connectivity index (χ1) is 17.4. The zero-order chi connectivity index (χ0) is 24.5. The Morgan fingerprint density at radius 3 is 1.72 bits per heavy atom. The maximum Gasteiger partial charge on any atom is 0.169 e. The highest BCUT2D eigenvalue weighted by molar-refractivity contribution is 5.63. The van der Waals surface area contributed by atoms with Crippen molar-refractivity contribution in [3.8, 4) is 17.2 Å². The third kappa shape index (κ3) is 4.52. The summed E-state index contributed by atoms with van der Waals surface area (Å²) in [5, 5.41) is 0. The van der Waals surface area contributed by atoms with Crippen molar-refractivity contribution in [2.45, 2.75) is 94.9 Å². The topological polar surface area (TPSA) is 65.3 Å². The summed E-state index contributed by atoms with van der Waals surface area (Å²) in [4.78, 5) is 0. The Kier molecular flexibility index (Phi) is 5.75. The van der Waals surface area contributed by atoms with Gasteiger partial charge in [0, 0.05) is 16.5 Å². The van der Waals surface area contributed by atoms with Crippen molar-refractivity contribution in [1.82, 2.24) is 0 Å². The Morgan fingerprint density at radius 1 is 0.778 bits per heavy atom. The second-order valence-electron chi connectivity index (χ2n) is 13.2. The van der Waals surface area contributed by atoms with Crippen LogP contribution in [-0.4, -0.2) is 58.0 Å². The maximum atomic E-state index is 6.78. The van der Waals surface area contributed by atoms with Crippen molar-refractivity contribution in [3.05, 3.63) is 17.2 Å². The van der Waals surface area contributed by atoms with Crippen LogP contribution < -0.4 is 14.2 Å². The summed E-state index contributed by atoms with van der Waals surface area (Å²) in [5.74, 6) is 5.33. The summed E-state index contributed by atoms with van der Waals surface area (Å²) in [6.07, 6.45) is 9.52. The van der Waals surface area contributed by atoms with Crippen LogP contribution in [0.2, 0.25) is 0 Å². The van der Waals surface area contributed by atoms with Crippen molar-refractivity contribution in [1.29, 1.82) is 0 Å². The molecule has 3 aliphatic heterocycles. The molecular formula is C30H42O6. The standard InChI is InChI=1S/C30H42O6/c1-4-29(2,3)24-8-25(34-15-21-12-31-21)26(30-9-18-5-19(10-30)7-20(6-18)11-30)28(36-17-23-14-33-23)27(24)35-16-22-13-32-22/h8,18-23H,4-7,9-17H2,1-3H3. The van der Waals surface area contributed by atoms with Gasteiger partial charge in [-0.15, -0.1) is 0 Å². The molecule has 7 fully saturated rings. The van der Waals surface area contributed by atoms with Crippen molar-refractivity contribution in [3.63, 3.8) is 0 Å². The van der Waals surface area contributed by atoms with E-state index in [9.17, 15) is 0 Å². The first kappa shape index (κ1) is 23.6. The van der Waals surface area contributed by atoms with Crippen LogP contribution in [0.4, 0.5) is 0 Å². The molecule has 6 heteroatoms. The fraction of sp³-hybridized carbons (Fsp3) is 0.800. The largest absolute Gasteiger partial charge is 0.490 e. The van der Waals surface area contributed by atoms with Gasteiger partial charge >= 0.3 is 0 Å². The first-order valence-electron chi connectivity index (χ1n) is 14.4. The van der Waals surface area contributed by atoms with E-state index >= 15 is 0 Å². The minimum atomic E-state index is -0.0812. The van der Waals surface area contributed by atoms with Crippen LogP contribution in [0, 0.1) is 17.8 Å². The molecule has 7 aliphatic rings. The molecule has 3 heterocycles. The van der Waals surface area contributed by atoms with Crippen LogP contribution in [0.3, 0.4) is 0 Å². The number of ether oxygens (including phenoxy) is 6. The van der Waals surface area contributed by atoms with Gasteiger partial charge in [-0.25, -0.2) is 0 Å². The fourth-order valence-corrected chi connectivity index (χ4v) is 7.65. The lowest BCUT2D eigenvalue weighted by Crippen LogP contribution is -2.49. The molecular weight excluding hydrogens is 456 g/mol. The third-order valence-electron chi connectivity index (χ3n) is 9.84. The van der Waals surface area contributed by atoms with Gasteiger partial charge in [0.25, 0.3) is 0 Å². The molecule has 0 amide bonds. The molecule has 3 unspecified atom stereocenters. The van der Waals surface area contributed by atoms with Gasteiger partial charge in [0.1, 0.15) is 43.9 Å². The zero-order valence-electron chi connectivity index (χ0n) is 22.2. The zero-order valence-corrected chi connectivity index (χ0v) is 22.2. The molecule has 3 atom stereocenters. The lowest BCUT2D eigenvalue weighted by atomic mass is 9.47. The van der Waals surface area contributed by atoms with E-state index in [0.717, 1.165) is 61.2 Å². The third-order valence-corrected chi connectivity index (χ3v) is 9.84. The highest BCUT2D eigenvalue weighted by Crippen LogP contribution is 2.65. The molecule has 6 nitrogen and oxygen atoms in total. The fourth-order valence-electron chi connectivity index (χ4n) is 7.65. The van der Waals surface area contributed by atoms with Crippen LogP contribution in [0.25, 0.3) is 0 Å². The molecule has 0 radical (unpaired) electrons. The molecule has 0 spiro atoms. The molecule has 4 aliphatic carbocycles. The molecule has 0 aromatic heterocycles. The van der Waals surface area contributed by atoms with E-state index in [1.807, 2.05) is 0 Å². The van der Waals surface area contributed by atoms with E-state index in [0.29, 0.717) is 19.8 Å².